The lowest BCUT2D eigenvalue weighted by Crippen LogP contribution is -2.09. The molecule has 0 atom stereocenters. The van der Waals surface area contributed by atoms with Crippen LogP contribution in [0, 0.1) is 6.92 Å². The molecule has 4 aromatic heterocycles. The van der Waals surface area contributed by atoms with Gasteiger partial charge in [-0.25, -0.2) is 9.97 Å². The highest BCUT2D eigenvalue weighted by atomic mass is 16.5. The number of furan rings is 1. The number of ether oxygens (including phenoxy) is 1. The van der Waals surface area contributed by atoms with Crippen molar-refractivity contribution in [3.05, 3.63) is 234 Å². The topological polar surface area (TPSA) is 70.9 Å². The fraction of sp³-hybridized carbons (Fsp3) is 0.171. The van der Waals surface area contributed by atoms with Crippen molar-refractivity contribution in [3.8, 4) is 67.9 Å². The average molecular weight is 1080 g/mol. The Morgan fingerprint density at radius 1 is 0.386 bits per heavy atom. The first-order valence-corrected chi connectivity index (χ1v) is 29.3. The third-order valence-electron chi connectivity index (χ3n) is 16.7. The van der Waals surface area contributed by atoms with Gasteiger partial charge in [-0.3, -0.25) is 14.1 Å². The highest BCUT2D eigenvalue weighted by molar-refractivity contribution is 6.22. The van der Waals surface area contributed by atoms with E-state index < -0.39 is 0 Å². The summed E-state index contributed by atoms with van der Waals surface area (Å²) in [4.78, 5) is 16.0. The molecule has 0 aliphatic heterocycles. The fourth-order valence-electron chi connectivity index (χ4n) is 12.6. The summed E-state index contributed by atoms with van der Waals surface area (Å²) in [5.41, 5.74) is 21.3. The van der Waals surface area contributed by atoms with Crippen LogP contribution >= 0.6 is 0 Å². The Bertz CT molecular complexity index is 4790. The first-order chi connectivity index (χ1) is 40.3. The van der Waals surface area contributed by atoms with Gasteiger partial charge in [-0.1, -0.05) is 165 Å². The smallest absolute Gasteiger partial charge is 0.149 e. The lowest BCUT2D eigenvalue weighted by Gasteiger charge is -2.24. The van der Waals surface area contributed by atoms with E-state index in [1.54, 1.807) is 0 Å². The summed E-state index contributed by atoms with van der Waals surface area (Å²) in [7, 11) is 0. The second-order valence-electron chi connectivity index (χ2n) is 23.6. The zero-order valence-electron chi connectivity index (χ0n) is 48.5. The highest BCUT2D eigenvalue weighted by Crippen LogP contribution is 2.47. The zero-order valence-corrected chi connectivity index (χ0v) is 48.5. The molecule has 10 aromatic carbocycles. The molecule has 0 radical (unpaired) electrons. The van der Waals surface area contributed by atoms with E-state index in [9.17, 15) is 0 Å². The molecule has 0 N–H and O–H groups in total. The molecule has 0 bridgehead atoms. The molecular formula is C76H65N5O2. The van der Waals surface area contributed by atoms with E-state index in [-0.39, 0.29) is 23.7 Å². The Labute approximate surface area is 484 Å². The first kappa shape index (κ1) is 51.5. The maximum absolute atomic E-state index is 7.32. The molecule has 0 aliphatic carbocycles. The second kappa shape index (κ2) is 20.4. The number of hydrogen-bond acceptors (Lipinski definition) is 5. The summed E-state index contributed by atoms with van der Waals surface area (Å²) >= 11 is 0. The number of aryl methyl sites for hydroxylation is 1. The molecule has 14 rings (SSSR count). The molecule has 14 aromatic rings. The van der Waals surface area contributed by atoms with E-state index >= 15 is 0 Å². The molecule has 83 heavy (non-hydrogen) atoms. The second-order valence-corrected chi connectivity index (χ2v) is 23.6. The maximum atomic E-state index is 7.32. The monoisotopic (exact) mass is 1080 g/mol. The Morgan fingerprint density at radius 3 is 1.48 bits per heavy atom. The van der Waals surface area contributed by atoms with Crippen molar-refractivity contribution in [1.29, 1.82) is 0 Å². The van der Waals surface area contributed by atoms with Crippen LogP contribution in [-0.2, 0) is 0 Å². The van der Waals surface area contributed by atoms with Crippen LogP contribution in [0.3, 0.4) is 0 Å². The van der Waals surface area contributed by atoms with Crippen LogP contribution in [0.2, 0.25) is 0 Å². The zero-order chi connectivity index (χ0) is 56.8. The Balaban J connectivity index is 1.000. The molecule has 0 spiro atoms. The number of fused-ring (bicyclic) bond motifs is 8. The summed E-state index contributed by atoms with van der Waals surface area (Å²) < 4.78 is 19.3. The van der Waals surface area contributed by atoms with Crippen LogP contribution in [0.5, 0.6) is 11.5 Å². The molecule has 0 fully saturated rings. The number of aromatic nitrogens is 5. The van der Waals surface area contributed by atoms with E-state index in [0.29, 0.717) is 11.5 Å². The number of benzene rings is 10. The normalized spacial score (nSPS) is 12.1. The largest absolute Gasteiger partial charge is 0.457 e. The SMILES string of the molecule is Cc1ccc2cc3c(ccc4oc5c(-c6nc7ccccc7n6-c6c(C(C)C)cc(-c7ccccc7)cc6C(C)C)cc(Oc6cccc(-c7nc8ccccc8n7-c7c(C(C)C)cc(-c8ccccc8)cc7C(C)C)c6)cc5c43)cc2n1. The van der Waals surface area contributed by atoms with E-state index in [1.807, 2.05) is 13.0 Å². The van der Waals surface area contributed by atoms with E-state index in [0.717, 1.165) is 99.8 Å². The molecule has 7 nitrogen and oxygen atoms in total. The quantitative estimate of drug-likeness (QED) is 0.114. The molecule has 0 saturated heterocycles. The minimum Gasteiger partial charge on any atom is -0.457 e. The average Bonchev–Trinajstić information content (AvgIpc) is 2.57. The van der Waals surface area contributed by atoms with E-state index in [2.05, 4.69) is 265 Å². The van der Waals surface area contributed by atoms with Gasteiger partial charge in [0.15, 0.2) is 0 Å². The summed E-state index contributed by atoms with van der Waals surface area (Å²) in [6.45, 7) is 20.4. The van der Waals surface area contributed by atoms with Gasteiger partial charge in [0.2, 0.25) is 0 Å². The van der Waals surface area contributed by atoms with E-state index in [1.165, 1.54) is 50.2 Å². The van der Waals surface area contributed by atoms with Crippen molar-refractivity contribution in [2.24, 2.45) is 0 Å². The van der Waals surface area contributed by atoms with Crippen molar-refractivity contribution in [2.75, 3.05) is 0 Å². The van der Waals surface area contributed by atoms with Crippen LogP contribution in [0.15, 0.2) is 211 Å². The third kappa shape index (κ3) is 8.94. The number of rotatable bonds is 12. The molecule has 0 saturated carbocycles. The molecule has 406 valence electrons. The molecular weight excluding hydrogens is 1010 g/mol. The van der Waals surface area contributed by atoms with Gasteiger partial charge in [-0.2, -0.15) is 0 Å². The summed E-state index contributed by atoms with van der Waals surface area (Å²) in [5, 5.41) is 5.17. The predicted octanol–water partition coefficient (Wildman–Crippen LogP) is 21.2. The van der Waals surface area contributed by atoms with Gasteiger partial charge in [0.25, 0.3) is 0 Å². The molecule has 0 unspecified atom stereocenters. The number of pyridine rings is 1. The molecule has 4 heterocycles. The van der Waals surface area contributed by atoms with Crippen LogP contribution in [-0.4, -0.2) is 24.1 Å². The van der Waals surface area contributed by atoms with Gasteiger partial charge in [-0.15, -0.1) is 0 Å². The van der Waals surface area contributed by atoms with Crippen molar-refractivity contribution in [3.63, 3.8) is 0 Å². The van der Waals surface area contributed by atoms with Gasteiger partial charge in [0.1, 0.15) is 34.3 Å². The first-order valence-electron chi connectivity index (χ1n) is 29.3. The lowest BCUT2D eigenvalue weighted by molar-refractivity contribution is 0.483. The van der Waals surface area contributed by atoms with Gasteiger partial charge in [0.05, 0.1) is 44.5 Å². The standard InChI is InChI=1S/C76H65N5O2/c1-44(2)58-37-54(49-21-12-10-13-22-49)38-59(45(3)4)72(58)80-68-29-18-16-27-65(68)78-75(80)53-25-20-26-56(35-53)82-57-42-63-71-62-36-52-32-31-48(9)77-67(52)41-51(62)33-34-70(71)83-74(63)64(43-57)76-79-66-28-17-19-30-69(66)81(76)73-60(46(5)6)39-55(40-61(73)47(7)8)50-23-14-11-15-24-50/h10-47H,1-9H3. The van der Waals surface area contributed by atoms with Crippen molar-refractivity contribution >= 4 is 65.7 Å². The number of para-hydroxylation sites is 4. The van der Waals surface area contributed by atoms with Crippen LogP contribution < -0.4 is 4.74 Å². The van der Waals surface area contributed by atoms with Crippen molar-refractivity contribution in [2.45, 2.75) is 86.0 Å². The summed E-state index contributed by atoms with van der Waals surface area (Å²) in [6.07, 6.45) is 0. The Kier molecular flexibility index (Phi) is 12.7. The summed E-state index contributed by atoms with van der Waals surface area (Å²) in [5.74, 6) is 3.78. The molecule has 7 heteroatoms. The maximum Gasteiger partial charge on any atom is 0.149 e. The lowest BCUT2D eigenvalue weighted by atomic mass is 9.88. The number of hydrogen-bond donors (Lipinski definition) is 0. The van der Waals surface area contributed by atoms with Gasteiger partial charge in [-0.05, 0) is 183 Å². The third-order valence-corrected chi connectivity index (χ3v) is 16.7. The number of imidazole rings is 2. The van der Waals surface area contributed by atoms with Crippen LogP contribution in [0.25, 0.3) is 122 Å². The predicted molar refractivity (Wildman–Crippen MR) is 345 cm³/mol. The van der Waals surface area contributed by atoms with E-state index in [4.69, 9.17) is 24.1 Å². The van der Waals surface area contributed by atoms with Crippen LogP contribution in [0.1, 0.15) is 107 Å². The Hall–Kier alpha value is -9.59. The Morgan fingerprint density at radius 2 is 0.904 bits per heavy atom. The summed E-state index contributed by atoms with van der Waals surface area (Å²) in [6, 6.07) is 73.7. The van der Waals surface area contributed by atoms with Gasteiger partial charge in [0, 0.05) is 27.4 Å². The molecule has 0 aliphatic rings. The minimum atomic E-state index is 0.184. The van der Waals surface area contributed by atoms with Crippen LogP contribution in [0.4, 0.5) is 0 Å². The van der Waals surface area contributed by atoms with Crippen molar-refractivity contribution in [1.82, 2.24) is 24.1 Å². The fourth-order valence-corrected chi connectivity index (χ4v) is 12.6. The molecule has 0 amide bonds. The van der Waals surface area contributed by atoms with Crippen molar-refractivity contribution < 1.29 is 9.15 Å². The minimum absolute atomic E-state index is 0.184. The van der Waals surface area contributed by atoms with Gasteiger partial charge < -0.3 is 9.15 Å². The highest BCUT2D eigenvalue weighted by Gasteiger charge is 2.28. The number of nitrogens with zero attached hydrogens (tertiary/aromatic N) is 5. The van der Waals surface area contributed by atoms with Gasteiger partial charge >= 0.3 is 0 Å².